The van der Waals surface area contributed by atoms with E-state index in [0.29, 0.717) is 66.3 Å². The summed E-state index contributed by atoms with van der Waals surface area (Å²) >= 11 is 0. The lowest BCUT2D eigenvalue weighted by atomic mass is 9.62. The van der Waals surface area contributed by atoms with Crippen LogP contribution in [0, 0.1) is 4.91 Å². The maximum absolute atomic E-state index is 14.7. The van der Waals surface area contributed by atoms with Crippen molar-refractivity contribution in [2.45, 2.75) is 131 Å². The van der Waals surface area contributed by atoms with Gasteiger partial charge in [0.15, 0.2) is 0 Å². The molecule has 0 atom stereocenters. The zero-order valence-electron chi connectivity index (χ0n) is 79.6. The standard InChI is InChI=1S/C49H40N2O2.C38H35N3O2.C36H30N3O3/c1-31(2)35-21-15-22-36(32(3)4)46(35)51-47(52)38-24-16-23-37-42(30-29-39(45(37)38)48(51)53)50-43-27-13-11-25-40(43)49(33-17-7-5-8-18-33,34-19-9-6-10-20-34)41-26-12-14-28-44(41)50;1-6-39-31-17-7-9-19-33(31)40(34-20-10-8-18-32(34)39)30-22-21-29-35-27(30)15-12-16-28(35)37(42)41(38(29)43)36-25(23(2)3)13-11-14-26(36)24(4)5;1-21(2)23-11-9-12-24(22(3)4)34(23)38-35(40)26-14-10-13-25-28(20-19-27(33(25)26)36(38)41)37-29-15-5-7-17-31(29)39(42)32-18-8-6-16-30(32)37/h5-32H,1-4H3;7-24H,6H2,1-5H3;5-22H,1-4H3/q;;+1. The van der Waals surface area contributed by atoms with Crippen molar-refractivity contribution in [3.63, 3.8) is 0 Å². The van der Waals surface area contributed by atoms with Gasteiger partial charge in [0.2, 0.25) is 0 Å². The first kappa shape index (κ1) is 88.3. The van der Waals surface area contributed by atoms with Crippen LogP contribution in [-0.4, -0.2) is 46.6 Å². The van der Waals surface area contributed by atoms with Gasteiger partial charge in [0.05, 0.1) is 78.1 Å². The van der Waals surface area contributed by atoms with Crippen molar-refractivity contribution in [3.8, 4) is 5.69 Å². The van der Waals surface area contributed by atoms with E-state index >= 15 is 0 Å². The highest BCUT2D eigenvalue weighted by molar-refractivity contribution is 6.40. The van der Waals surface area contributed by atoms with Gasteiger partial charge in [-0.15, -0.1) is 0 Å². The number of aromatic nitrogens is 2. The molecule has 0 aliphatic carbocycles. The van der Waals surface area contributed by atoms with E-state index in [2.05, 4.69) is 275 Å². The van der Waals surface area contributed by atoms with Gasteiger partial charge in [-0.1, -0.05) is 320 Å². The molecule has 23 rings (SSSR count). The predicted octanol–water partition coefficient (Wildman–Crippen LogP) is 29.8. The number of amides is 6. The van der Waals surface area contributed by atoms with Crippen molar-refractivity contribution in [2.24, 2.45) is 0 Å². The highest BCUT2D eigenvalue weighted by atomic mass is 16.3. The number of nitrogens with zero attached hydrogens (tertiary/aromatic N) is 8. The van der Waals surface area contributed by atoms with Gasteiger partial charge in [-0.3, -0.25) is 33.3 Å². The third kappa shape index (κ3) is 13.7. The van der Waals surface area contributed by atoms with Gasteiger partial charge in [-0.25, -0.2) is 14.7 Å². The van der Waals surface area contributed by atoms with E-state index in [9.17, 15) is 33.7 Å². The molecular formula is C123H105N8O7+. The molecule has 0 spiro atoms. The summed E-state index contributed by atoms with van der Waals surface area (Å²) in [6, 6.07) is 118. The van der Waals surface area contributed by atoms with Crippen molar-refractivity contribution in [2.75, 3.05) is 35.9 Å². The molecule has 678 valence electrons. The minimum atomic E-state index is -0.594. The number of benzene rings is 17. The zero-order valence-corrected chi connectivity index (χ0v) is 79.6. The number of hydrogen-bond acceptors (Lipinski definition) is 10. The monoisotopic (exact) mass is 1810 g/mol. The Bertz CT molecular complexity index is 7850. The van der Waals surface area contributed by atoms with Crippen LogP contribution in [-0.2, 0) is 5.41 Å². The first-order valence-corrected chi connectivity index (χ1v) is 48.0. The van der Waals surface area contributed by atoms with E-state index in [4.69, 9.17) is 0 Å². The fourth-order valence-corrected chi connectivity index (χ4v) is 22.2. The number of fused-ring (bicyclic) bond motifs is 6. The average Bonchev–Trinajstić information content (AvgIpc) is 0.692. The lowest BCUT2D eigenvalue weighted by Gasteiger charge is -2.46. The van der Waals surface area contributed by atoms with Crippen molar-refractivity contribution in [1.29, 1.82) is 0 Å². The second-order valence-corrected chi connectivity index (χ2v) is 38.2. The molecular weight excluding hydrogens is 1700 g/mol. The molecule has 6 heterocycles. The van der Waals surface area contributed by atoms with Gasteiger partial charge in [0.1, 0.15) is 11.0 Å². The molecule has 15 nitrogen and oxygen atoms in total. The highest BCUT2D eigenvalue weighted by Gasteiger charge is 2.49. The molecule has 6 amide bonds. The first-order valence-electron chi connectivity index (χ1n) is 48.0. The second kappa shape index (κ2) is 34.9. The lowest BCUT2D eigenvalue weighted by molar-refractivity contribution is -0.432. The molecule has 0 saturated carbocycles. The van der Waals surface area contributed by atoms with E-state index in [1.165, 1.54) is 25.8 Å². The number of hydrogen-bond donors (Lipinski definition) is 0. The molecule has 15 heteroatoms. The van der Waals surface area contributed by atoms with Gasteiger partial charge in [0.25, 0.3) is 46.5 Å². The summed E-state index contributed by atoms with van der Waals surface area (Å²) in [5, 5.41) is 4.56. The second-order valence-electron chi connectivity index (χ2n) is 38.2. The fraction of sp³-hybridized carbons (Fsp3) is 0.171. The van der Waals surface area contributed by atoms with E-state index in [1.54, 1.807) is 12.1 Å². The van der Waals surface area contributed by atoms with Crippen LogP contribution < -0.4 is 33.8 Å². The summed E-state index contributed by atoms with van der Waals surface area (Å²) in [6.07, 6.45) is 0. The number of rotatable bonds is 15. The number of para-hydroxylation sites is 13. The van der Waals surface area contributed by atoms with Gasteiger partial charge in [0, 0.05) is 89.3 Å². The van der Waals surface area contributed by atoms with Gasteiger partial charge < -0.3 is 14.7 Å². The molecule has 5 aliphatic rings. The molecule has 0 saturated heterocycles. The Hall–Kier alpha value is -16.3. The molecule has 1 aromatic heterocycles. The SMILES string of the molecule is CC(C)c1cccc(C(C)C)c1N1C(=O)c2cccc3c(-n4c5ccccc5[n+](=O)c5ccccc54)ccc(c23)C1=O.CC(C)c1cccc(C(C)C)c1N1C(=O)c2cccc3c(N4c5ccccc5C(c5ccccc5)(c5ccccc5)c5ccccc54)ccc(c23)C1=O.CCN1c2ccccc2N(c2ccc3c4c(cccc24)C(=O)N(c2c(C(C)C)cccc2C(C)C)C3=O)c2ccccc21. The Morgan fingerprint density at radius 2 is 0.500 bits per heavy atom. The van der Waals surface area contributed by atoms with Crippen LogP contribution in [0.5, 0.6) is 0 Å². The molecule has 0 radical (unpaired) electrons. The number of carbonyl (C=O) groups is 6. The van der Waals surface area contributed by atoms with Crippen LogP contribution in [0.25, 0.3) is 60.1 Å². The summed E-state index contributed by atoms with van der Waals surface area (Å²) in [7, 11) is 0. The van der Waals surface area contributed by atoms with E-state index < -0.39 is 5.41 Å². The van der Waals surface area contributed by atoms with Crippen LogP contribution in [0.4, 0.5) is 62.6 Å². The number of imide groups is 3. The van der Waals surface area contributed by atoms with E-state index in [1.807, 2.05) is 174 Å². The summed E-state index contributed by atoms with van der Waals surface area (Å²) in [4.78, 5) is 111. The molecule has 138 heavy (non-hydrogen) atoms. The Morgan fingerprint density at radius 3 is 0.826 bits per heavy atom. The molecule has 18 aromatic rings. The maximum atomic E-state index is 14.7. The third-order valence-corrected chi connectivity index (χ3v) is 28.4. The maximum Gasteiger partial charge on any atom is 0.287 e. The lowest BCUT2D eigenvalue weighted by Crippen LogP contribution is -2.42. The highest BCUT2D eigenvalue weighted by Crippen LogP contribution is 2.60. The molecule has 0 bridgehead atoms. The van der Waals surface area contributed by atoms with Gasteiger partial charge >= 0.3 is 0 Å². The fourth-order valence-electron chi connectivity index (χ4n) is 22.2. The first-order chi connectivity index (χ1) is 67.0. The van der Waals surface area contributed by atoms with Crippen LogP contribution in [0.3, 0.4) is 0 Å². The van der Waals surface area contributed by atoms with Crippen LogP contribution in [0.2, 0.25) is 0 Å². The number of anilines is 11. The Kier molecular flexibility index (Phi) is 22.3. The average molecular weight is 1810 g/mol. The quantitative estimate of drug-likeness (QED) is 0.0551. The van der Waals surface area contributed by atoms with E-state index in [-0.39, 0.29) is 71.0 Å². The summed E-state index contributed by atoms with van der Waals surface area (Å²) < 4.78 is 3.00. The van der Waals surface area contributed by atoms with Crippen molar-refractivity contribution in [1.82, 2.24) is 4.57 Å². The minimum Gasteiger partial charge on any atom is -0.338 e. The molecule has 0 unspecified atom stereocenters. The third-order valence-electron chi connectivity index (χ3n) is 28.4. The Labute approximate surface area is 803 Å². The molecule has 0 N–H and O–H groups in total. The topological polar surface area (TPSA) is 150 Å². The van der Waals surface area contributed by atoms with Gasteiger partial charge in [-0.2, -0.15) is 0 Å². The molecule has 5 aliphatic heterocycles. The van der Waals surface area contributed by atoms with Crippen molar-refractivity contribution in [3.05, 3.63) is 446 Å². The normalized spacial score (nSPS) is 14.1. The number of carbonyl (C=O) groups excluding carboxylic acids is 6. The van der Waals surface area contributed by atoms with Crippen LogP contribution in [0.1, 0.15) is 243 Å². The summed E-state index contributed by atoms with van der Waals surface area (Å²) in [6.45, 7) is 28.2. The van der Waals surface area contributed by atoms with Crippen LogP contribution in [0.15, 0.2) is 352 Å². The van der Waals surface area contributed by atoms with Gasteiger partial charge in [-0.05, 0) is 201 Å². The van der Waals surface area contributed by atoms with Crippen LogP contribution >= 0.6 is 0 Å². The Balaban J connectivity index is 0.000000124. The van der Waals surface area contributed by atoms with E-state index in [0.717, 1.165) is 145 Å². The summed E-state index contributed by atoms with van der Waals surface area (Å²) in [5.41, 5.74) is 26.9. The minimum absolute atomic E-state index is 0.124. The Morgan fingerprint density at radius 1 is 0.239 bits per heavy atom. The predicted molar refractivity (Wildman–Crippen MR) is 561 cm³/mol. The largest absolute Gasteiger partial charge is 0.338 e. The summed E-state index contributed by atoms with van der Waals surface area (Å²) in [5.74, 6) is -0.962. The van der Waals surface area contributed by atoms with Crippen molar-refractivity contribution >= 4 is 152 Å². The van der Waals surface area contributed by atoms with Crippen molar-refractivity contribution < 1.29 is 33.2 Å². The molecule has 17 aromatic carbocycles. The molecule has 0 fully saturated rings. The zero-order chi connectivity index (χ0) is 95.7. The smallest absolute Gasteiger partial charge is 0.287 e.